The van der Waals surface area contributed by atoms with E-state index in [1.165, 1.54) is 12.8 Å². The van der Waals surface area contributed by atoms with Gasteiger partial charge >= 0.3 is 0 Å². The van der Waals surface area contributed by atoms with Gasteiger partial charge in [-0.05, 0) is 32.4 Å². The van der Waals surface area contributed by atoms with Crippen LogP contribution in [0.15, 0.2) is 0 Å². The number of nitrogens with one attached hydrogen (secondary N) is 1. The van der Waals surface area contributed by atoms with Gasteiger partial charge in [0.25, 0.3) is 0 Å². The van der Waals surface area contributed by atoms with Crippen molar-refractivity contribution in [2.45, 2.75) is 43.9 Å². The van der Waals surface area contributed by atoms with Crippen molar-refractivity contribution in [3.8, 4) is 0 Å². The van der Waals surface area contributed by atoms with Gasteiger partial charge in [-0.15, -0.1) is 11.8 Å². The van der Waals surface area contributed by atoms with Gasteiger partial charge in [0.15, 0.2) is 0 Å². The molecule has 1 N–H and O–H groups in total. The third kappa shape index (κ3) is 3.81. The highest BCUT2D eigenvalue weighted by Crippen LogP contribution is 2.25. The molecule has 14 heavy (non-hydrogen) atoms. The standard InChI is InChI=1S/C10H18BrNOS/c1-10(2,7-11)12-9(13)8-5-3-4-6-14-8/h8H,3-7H2,1-2H3,(H,12,13). The number of carbonyl (C=O) groups excluding carboxylic acids is 1. The normalized spacial score (nSPS) is 23.2. The molecule has 0 bridgehead atoms. The third-order valence-electron chi connectivity index (χ3n) is 2.27. The lowest BCUT2D eigenvalue weighted by Gasteiger charge is -2.28. The maximum Gasteiger partial charge on any atom is 0.233 e. The van der Waals surface area contributed by atoms with Crippen LogP contribution >= 0.6 is 27.7 Å². The Morgan fingerprint density at radius 2 is 2.29 bits per heavy atom. The summed E-state index contributed by atoms with van der Waals surface area (Å²) in [5.74, 6) is 1.34. The second kappa shape index (κ2) is 5.40. The average Bonchev–Trinajstić information content (AvgIpc) is 2.19. The molecule has 82 valence electrons. The zero-order chi connectivity index (χ0) is 10.6. The summed E-state index contributed by atoms with van der Waals surface area (Å²) in [5, 5.41) is 4.05. The Morgan fingerprint density at radius 1 is 1.57 bits per heavy atom. The van der Waals surface area contributed by atoms with E-state index in [0.717, 1.165) is 17.5 Å². The van der Waals surface area contributed by atoms with Crippen molar-refractivity contribution in [2.24, 2.45) is 0 Å². The number of carbonyl (C=O) groups is 1. The van der Waals surface area contributed by atoms with Crippen molar-refractivity contribution < 1.29 is 4.79 Å². The molecule has 1 unspecified atom stereocenters. The molecule has 1 aliphatic rings. The van der Waals surface area contributed by atoms with E-state index in [1.807, 2.05) is 13.8 Å². The summed E-state index contributed by atoms with van der Waals surface area (Å²) in [6.45, 7) is 4.07. The Kier molecular flexibility index (Phi) is 4.77. The van der Waals surface area contributed by atoms with Crippen LogP contribution in [0.4, 0.5) is 0 Å². The molecule has 1 saturated heterocycles. The van der Waals surface area contributed by atoms with Gasteiger partial charge in [-0.1, -0.05) is 22.4 Å². The molecule has 2 nitrogen and oxygen atoms in total. The van der Waals surface area contributed by atoms with E-state index in [-0.39, 0.29) is 16.7 Å². The maximum atomic E-state index is 11.8. The van der Waals surface area contributed by atoms with Crippen molar-refractivity contribution >= 4 is 33.6 Å². The Morgan fingerprint density at radius 3 is 2.79 bits per heavy atom. The van der Waals surface area contributed by atoms with E-state index in [1.54, 1.807) is 11.8 Å². The maximum absolute atomic E-state index is 11.8. The van der Waals surface area contributed by atoms with Gasteiger partial charge in [-0.3, -0.25) is 4.79 Å². The lowest BCUT2D eigenvalue weighted by molar-refractivity contribution is -0.122. The highest BCUT2D eigenvalue weighted by Gasteiger charge is 2.26. The van der Waals surface area contributed by atoms with Crippen LogP contribution in [0.1, 0.15) is 33.1 Å². The number of amides is 1. The zero-order valence-electron chi connectivity index (χ0n) is 8.81. The minimum Gasteiger partial charge on any atom is -0.349 e. The Balaban J connectivity index is 2.40. The first-order valence-electron chi connectivity index (χ1n) is 5.05. The highest BCUT2D eigenvalue weighted by molar-refractivity contribution is 9.09. The third-order valence-corrected chi connectivity index (χ3v) is 5.05. The van der Waals surface area contributed by atoms with E-state index in [2.05, 4.69) is 21.2 Å². The van der Waals surface area contributed by atoms with E-state index in [0.29, 0.717) is 0 Å². The average molecular weight is 280 g/mol. The number of rotatable bonds is 3. The van der Waals surface area contributed by atoms with Gasteiger partial charge in [-0.2, -0.15) is 0 Å². The van der Waals surface area contributed by atoms with Crippen molar-refractivity contribution in [3.05, 3.63) is 0 Å². The molecule has 0 radical (unpaired) electrons. The van der Waals surface area contributed by atoms with E-state index in [4.69, 9.17) is 0 Å². The first-order valence-corrected chi connectivity index (χ1v) is 7.22. The van der Waals surface area contributed by atoms with E-state index < -0.39 is 0 Å². The molecular weight excluding hydrogens is 262 g/mol. The van der Waals surface area contributed by atoms with Crippen molar-refractivity contribution in [3.63, 3.8) is 0 Å². The molecule has 1 atom stereocenters. The molecule has 1 heterocycles. The smallest absolute Gasteiger partial charge is 0.233 e. The summed E-state index contributed by atoms with van der Waals surface area (Å²) in [5.41, 5.74) is -0.130. The molecule has 0 saturated carbocycles. The molecule has 0 aliphatic carbocycles. The minimum absolute atomic E-state index is 0.130. The van der Waals surface area contributed by atoms with Crippen LogP contribution in [0.5, 0.6) is 0 Å². The van der Waals surface area contributed by atoms with Gasteiger partial charge in [0.1, 0.15) is 0 Å². The summed E-state index contributed by atoms with van der Waals surface area (Å²) in [6, 6.07) is 0. The topological polar surface area (TPSA) is 29.1 Å². The van der Waals surface area contributed by atoms with Crippen LogP contribution in [0, 0.1) is 0 Å². The van der Waals surface area contributed by atoms with Gasteiger partial charge in [0.2, 0.25) is 5.91 Å². The summed E-state index contributed by atoms with van der Waals surface area (Å²) in [4.78, 5) is 11.8. The number of alkyl halides is 1. The zero-order valence-corrected chi connectivity index (χ0v) is 11.2. The Bertz CT molecular complexity index is 202. The second-order valence-corrected chi connectivity index (χ2v) is 6.23. The number of halogens is 1. The number of hydrogen-bond donors (Lipinski definition) is 1. The van der Waals surface area contributed by atoms with Gasteiger partial charge < -0.3 is 5.32 Å². The van der Waals surface area contributed by atoms with Crippen molar-refractivity contribution in [1.29, 1.82) is 0 Å². The van der Waals surface area contributed by atoms with Crippen LogP contribution in [0.25, 0.3) is 0 Å². The first kappa shape index (κ1) is 12.4. The van der Waals surface area contributed by atoms with Crippen LogP contribution in [0.2, 0.25) is 0 Å². The van der Waals surface area contributed by atoms with Crippen molar-refractivity contribution in [1.82, 2.24) is 5.32 Å². The molecular formula is C10H18BrNOS. The monoisotopic (exact) mass is 279 g/mol. The fourth-order valence-corrected chi connectivity index (χ4v) is 2.73. The lowest BCUT2D eigenvalue weighted by atomic mass is 10.1. The molecule has 1 rings (SSSR count). The van der Waals surface area contributed by atoms with E-state index >= 15 is 0 Å². The predicted octanol–water partition coefficient (Wildman–Crippen LogP) is 2.56. The highest BCUT2D eigenvalue weighted by atomic mass is 79.9. The molecule has 0 aromatic rings. The van der Waals surface area contributed by atoms with Crippen LogP contribution < -0.4 is 5.32 Å². The number of thioether (sulfide) groups is 1. The summed E-state index contributed by atoms with van der Waals surface area (Å²) in [7, 11) is 0. The Labute approximate surface area is 98.7 Å². The fraction of sp³-hybridized carbons (Fsp3) is 0.900. The summed E-state index contributed by atoms with van der Waals surface area (Å²) < 4.78 is 0. The molecule has 0 aromatic carbocycles. The largest absolute Gasteiger partial charge is 0.349 e. The van der Waals surface area contributed by atoms with Crippen molar-refractivity contribution in [2.75, 3.05) is 11.1 Å². The van der Waals surface area contributed by atoms with E-state index in [9.17, 15) is 4.79 Å². The molecule has 1 amide bonds. The first-order chi connectivity index (χ1) is 6.55. The quantitative estimate of drug-likeness (QED) is 0.805. The number of hydrogen-bond acceptors (Lipinski definition) is 2. The van der Waals surface area contributed by atoms with Gasteiger partial charge in [-0.25, -0.2) is 0 Å². The van der Waals surface area contributed by atoms with Crippen LogP contribution in [-0.4, -0.2) is 27.8 Å². The van der Waals surface area contributed by atoms with Crippen LogP contribution in [0.3, 0.4) is 0 Å². The second-order valence-electron chi connectivity index (χ2n) is 4.36. The molecule has 1 aliphatic heterocycles. The summed E-state index contributed by atoms with van der Waals surface area (Å²) >= 11 is 5.20. The molecule has 0 aromatic heterocycles. The van der Waals surface area contributed by atoms with Crippen LogP contribution in [-0.2, 0) is 4.79 Å². The van der Waals surface area contributed by atoms with Gasteiger partial charge in [0, 0.05) is 10.9 Å². The Hall–Kier alpha value is 0.300. The fourth-order valence-electron chi connectivity index (χ4n) is 1.39. The van der Waals surface area contributed by atoms with Gasteiger partial charge in [0.05, 0.1) is 5.25 Å². The minimum atomic E-state index is -0.130. The summed E-state index contributed by atoms with van der Waals surface area (Å²) in [6.07, 6.45) is 3.49. The molecule has 1 fully saturated rings. The molecule has 4 heteroatoms. The lowest BCUT2D eigenvalue weighted by Crippen LogP contribution is -2.48. The molecule has 0 spiro atoms. The SMILES string of the molecule is CC(C)(CBr)NC(=O)C1CCCCS1. The predicted molar refractivity (Wildman–Crippen MR) is 66.1 cm³/mol.